The maximum atomic E-state index is 13.3. The molecule has 0 aliphatic carbocycles. The Labute approximate surface area is 166 Å². The molecule has 3 aromatic rings. The van der Waals surface area contributed by atoms with Crippen molar-refractivity contribution in [3.8, 4) is 34.1 Å². The molecule has 0 atom stereocenters. The Kier molecular flexibility index (Phi) is 4.54. The highest BCUT2D eigenvalue weighted by molar-refractivity contribution is 5.97. The predicted octanol–water partition coefficient (Wildman–Crippen LogP) is 4.49. The van der Waals surface area contributed by atoms with E-state index >= 15 is 0 Å². The maximum Gasteiger partial charge on any atom is 0.204 e. The van der Waals surface area contributed by atoms with Gasteiger partial charge in [0, 0.05) is 5.56 Å². The number of ether oxygens (including phenoxy) is 1. The van der Waals surface area contributed by atoms with Crippen LogP contribution < -0.4 is 10.2 Å². The van der Waals surface area contributed by atoms with E-state index in [0.29, 0.717) is 35.5 Å². The van der Waals surface area contributed by atoms with Gasteiger partial charge < -0.3 is 24.5 Å². The Morgan fingerprint density at radius 2 is 1.97 bits per heavy atom. The summed E-state index contributed by atoms with van der Waals surface area (Å²) in [6.45, 7) is 4.28. The summed E-state index contributed by atoms with van der Waals surface area (Å²) in [4.78, 5) is 13.3. The summed E-state index contributed by atoms with van der Waals surface area (Å²) in [5.74, 6) is -0.308. The number of rotatable bonds is 3. The SMILES string of the molecule is CC(C)=CCc1c2c(c3occ(-c4ccc(O)c(O)c4)c(=O)c3c1O)C=CCO2. The average Bonchev–Trinajstić information content (AvgIpc) is 2.70. The van der Waals surface area contributed by atoms with Crippen LogP contribution in [0.2, 0.25) is 0 Å². The van der Waals surface area contributed by atoms with E-state index in [2.05, 4.69) is 0 Å². The number of aromatic hydroxyl groups is 3. The molecule has 2 heterocycles. The lowest BCUT2D eigenvalue weighted by Crippen LogP contribution is -2.10. The summed E-state index contributed by atoms with van der Waals surface area (Å²) in [5, 5.41) is 30.4. The average molecular weight is 392 g/mol. The van der Waals surface area contributed by atoms with Crippen LogP contribution in [0.1, 0.15) is 25.0 Å². The van der Waals surface area contributed by atoms with Crippen molar-refractivity contribution in [1.82, 2.24) is 0 Å². The van der Waals surface area contributed by atoms with Gasteiger partial charge in [-0.15, -0.1) is 0 Å². The molecule has 0 unspecified atom stereocenters. The molecule has 0 fully saturated rings. The molecule has 148 valence electrons. The van der Waals surface area contributed by atoms with Crippen molar-refractivity contribution in [3.63, 3.8) is 0 Å². The van der Waals surface area contributed by atoms with Crippen molar-refractivity contribution in [1.29, 1.82) is 0 Å². The van der Waals surface area contributed by atoms with Gasteiger partial charge in [0.15, 0.2) is 17.1 Å². The Balaban J connectivity index is 2.04. The first-order valence-electron chi connectivity index (χ1n) is 9.17. The summed E-state index contributed by atoms with van der Waals surface area (Å²) in [5.41, 5.74) is 2.54. The minimum atomic E-state index is -0.436. The number of hydrogen-bond acceptors (Lipinski definition) is 6. The molecule has 1 aromatic heterocycles. The zero-order valence-corrected chi connectivity index (χ0v) is 16.0. The number of allylic oxidation sites excluding steroid dienone is 2. The minimum Gasteiger partial charge on any atom is -0.507 e. The monoisotopic (exact) mass is 392 g/mol. The molecule has 1 aliphatic rings. The van der Waals surface area contributed by atoms with Crippen LogP contribution in [0, 0.1) is 0 Å². The molecular formula is C23H20O6. The van der Waals surface area contributed by atoms with Crippen molar-refractivity contribution in [3.05, 3.63) is 63.5 Å². The van der Waals surface area contributed by atoms with E-state index in [1.165, 1.54) is 24.5 Å². The fourth-order valence-electron chi connectivity index (χ4n) is 3.40. The molecule has 3 N–H and O–H groups in total. The quantitative estimate of drug-likeness (QED) is 0.449. The third-order valence-corrected chi connectivity index (χ3v) is 4.89. The minimum absolute atomic E-state index is 0.0566. The van der Waals surface area contributed by atoms with Gasteiger partial charge in [0.1, 0.15) is 29.8 Å². The van der Waals surface area contributed by atoms with Gasteiger partial charge >= 0.3 is 0 Å². The van der Waals surface area contributed by atoms with E-state index in [-0.39, 0.29) is 33.8 Å². The molecule has 0 bridgehead atoms. The van der Waals surface area contributed by atoms with Gasteiger partial charge in [0.25, 0.3) is 0 Å². The molecule has 0 saturated carbocycles. The zero-order valence-electron chi connectivity index (χ0n) is 16.0. The molecule has 29 heavy (non-hydrogen) atoms. The number of benzene rings is 2. The summed E-state index contributed by atoms with van der Waals surface area (Å²) in [6.07, 6.45) is 7.28. The molecule has 0 radical (unpaired) electrons. The van der Waals surface area contributed by atoms with Gasteiger partial charge in [-0.2, -0.15) is 0 Å². The van der Waals surface area contributed by atoms with E-state index in [1.54, 1.807) is 0 Å². The summed E-state index contributed by atoms with van der Waals surface area (Å²) >= 11 is 0. The standard InChI is InChI=1S/C23H20O6/c1-12(2)5-7-14-20(26)19-21(27)16(13-6-8-17(24)18(25)10-13)11-29-23(19)15-4-3-9-28-22(14)15/h3-6,8,10-11,24-26H,7,9H2,1-2H3. The van der Waals surface area contributed by atoms with Crippen LogP contribution in [-0.2, 0) is 6.42 Å². The van der Waals surface area contributed by atoms with Crippen LogP contribution in [0.25, 0.3) is 28.2 Å². The summed E-state index contributed by atoms with van der Waals surface area (Å²) in [7, 11) is 0. The molecule has 0 amide bonds. The van der Waals surface area contributed by atoms with E-state index < -0.39 is 5.43 Å². The normalized spacial score (nSPS) is 12.5. The predicted molar refractivity (Wildman–Crippen MR) is 111 cm³/mol. The second-order valence-corrected chi connectivity index (χ2v) is 7.16. The van der Waals surface area contributed by atoms with Crippen molar-refractivity contribution >= 4 is 17.0 Å². The molecule has 2 aromatic carbocycles. The Bertz CT molecular complexity index is 1240. The van der Waals surface area contributed by atoms with Gasteiger partial charge in [0.05, 0.1) is 11.1 Å². The smallest absolute Gasteiger partial charge is 0.204 e. The van der Waals surface area contributed by atoms with Crippen LogP contribution in [0.15, 0.2) is 51.4 Å². The molecule has 1 aliphatic heterocycles. The lowest BCUT2D eigenvalue weighted by atomic mass is 9.96. The fourth-order valence-corrected chi connectivity index (χ4v) is 3.40. The van der Waals surface area contributed by atoms with Crippen molar-refractivity contribution < 1.29 is 24.5 Å². The number of phenols is 3. The van der Waals surface area contributed by atoms with Crippen LogP contribution >= 0.6 is 0 Å². The van der Waals surface area contributed by atoms with Crippen molar-refractivity contribution in [2.24, 2.45) is 0 Å². The second-order valence-electron chi connectivity index (χ2n) is 7.16. The fraction of sp³-hybridized carbons (Fsp3) is 0.174. The second kappa shape index (κ2) is 7.05. The van der Waals surface area contributed by atoms with Crippen LogP contribution in [-0.4, -0.2) is 21.9 Å². The molecule has 0 saturated heterocycles. The van der Waals surface area contributed by atoms with Gasteiger partial charge in [-0.1, -0.05) is 17.7 Å². The van der Waals surface area contributed by atoms with Gasteiger partial charge in [-0.25, -0.2) is 0 Å². The van der Waals surface area contributed by atoms with Crippen molar-refractivity contribution in [2.45, 2.75) is 20.3 Å². The topological polar surface area (TPSA) is 100 Å². The first-order chi connectivity index (χ1) is 13.9. The third kappa shape index (κ3) is 3.12. The van der Waals surface area contributed by atoms with Gasteiger partial charge in [-0.05, 0) is 50.1 Å². The molecule has 0 spiro atoms. The molecule has 6 heteroatoms. The van der Waals surface area contributed by atoms with Crippen LogP contribution in [0.5, 0.6) is 23.0 Å². The molecule has 6 nitrogen and oxygen atoms in total. The van der Waals surface area contributed by atoms with Crippen molar-refractivity contribution in [2.75, 3.05) is 6.61 Å². The van der Waals surface area contributed by atoms with E-state index in [1.807, 2.05) is 32.1 Å². The lowest BCUT2D eigenvalue weighted by molar-refractivity contribution is 0.351. The molecular weight excluding hydrogens is 372 g/mol. The highest BCUT2D eigenvalue weighted by Crippen LogP contribution is 2.42. The Morgan fingerprint density at radius 3 is 2.69 bits per heavy atom. The highest BCUT2D eigenvalue weighted by Gasteiger charge is 2.25. The first-order valence-corrected chi connectivity index (χ1v) is 9.17. The van der Waals surface area contributed by atoms with Gasteiger partial charge in [0.2, 0.25) is 5.43 Å². The van der Waals surface area contributed by atoms with E-state index in [0.717, 1.165) is 5.57 Å². The number of hydrogen-bond donors (Lipinski definition) is 3. The Morgan fingerprint density at radius 1 is 1.17 bits per heavy atom. The van der Waals surface area contributed by atoms with E-state index in [9.17, 15) is 20.1 Å². The van der Waals surface area contributed by atoms with Gasteiger partial charge in [-0.3, -0.25) is 4.79 Å². The summed E-state index contributed by atoms with van der Waals surface area (Å²) in [6, 6.07) is 4.06. The lowest BCUT2D eigenvalue weighted by Gasteiger charge is -2.19. The largest absolute Gasteiger partial charge is 0.507 e. The molecule has 4 rings (SSSR count). The number of fused-ring (bicyclic) bond motifs is 3. The number of phenolic OH excluding ortho intramolecular Hbond substituents is 3. The summed E-state index contributed by atoms with van der Waals surface area (Å²) < 4.78 is 11.5. The first kappa shape index (κ1) is 18.7. The highest BCUT2D eigenvalue weighted by atomic mass is 16.5. The van der Waals surface area contributed by atoms with Crippen LogP contribution in [0.4, 0.5) is 0 Å². The van der Waals surface area contributed by atoms with Crippen LogP contribution in [0.3, 0.4) is 0 Å². The third-order valence-electron chi connectivity index (χ3n) is 4.89. The Hall–Kier alpha value is -3.67. The maximum absolute atomic E-state index is 13.3. The van der Waals surface area contributed by atoms with E-state index in [4.69, 9.17) is 9.15 Å². The zero-order chi connectivity index (χ0) is 20.7.